The summed E-state index contributed by atoms with van der Waals surface area (Å²) in [7, 11) is 0. The quantitative estimate of drug-likeness (QED) is 0.816. The van der Waals surface area contributed by atoms with Crippen LogP contribution < -0.4 is 0 Å². The molecule has 86 valence electrons. The van der Waals surface area contributed by atoms with E-state index in [4.69, 9.17) is 11.6 Å². The molecule has 1 aliphatic rings. The lowest BCUT2D eigenvalue weighted by Crippen LogP contribution is -2.24. The molecule has 1 saturated heterocycles. The van der Waals surface area contributed by atoms with Gasteiger partial charge in [-0.2, -0.15) is 0 Å². The molecule has 0 bridgehead atoms. The zero-order valence-corrected chi connectivity index (χ0v) is 10.9. The van der Waals surface area contributed by atoms with Crippen molar-refractivity contribution in [1.29, 1.82) is 0 Å². The van der Waals surface area contributed by atoms with Crippen molar-refractivity contribution in [2.24, 2.45) is 4.99 Å². The summed E-state index contributed by atoms with van der Waals surface area (Å²) in [6.45, 7) is 4.37. The second-order valence-electron chi connectivity index (χ2n) is 3.68. The Hall–Kier alpha value is -0.670. The molecule has 1 aromatic rings. The van der Waals surface area contributed by atoms with Gasteiger partial charge in [0.25, 0.3) is 0 Å². The van der Waals surface area contributed by atoms with Gasteiger partial charge in [-0.05, 0) is 18.6 Å². The topological polar surface area (TPSA) is 15.6 Å². The first kappa shape index (κ1) is 11.8. The predicted molar refractivity (Wildman–Crippen MR) is 72.9 cm³/mol. The van der Waals surface area contributed by atoms with Crippen molar-refractivity contribution in [1.82, 2.24) is 4.90 Å². The SMILES string of the molecule is CCCN1CCSC1=Nc1ccccc1Cl. The second kappa shape index (κ2) is 5.60. The van der Waals surface area contributed by atoms with Crippen molar-refractivity contribution < 1.29 is 0 Å². The van der Waals surface area contributed by atoms with E-state index in [1.165, 1.54) is 0 Å². The van der Waals surface area contributed by atoms with Crippen molar-refractivity contribution >= 4 is 34.2 Å². The molecule has 0 aromatic heterocycles. The number of nitrogens with zero attached hydrogens (tertiary/aromatic N) is 2. The highest BCUT2D eigenvalue weighted by molar-refractivity contribution is 8.14. The third-order valence-corrected chi connectivity index (χ3v) is 3.74. The van der Waals surface area contributed by atoms with E-state index in [0.29, 0.717) is 0 Å². The number of hydrogen-bond acceptors (Lipinski definition) is 2. The van der Waals surface area contributed by atoms with Gasteiger partial charge >= 0.3 is 0 Å². The monoisotopic (exact) mass is 254 g/mol. The summed E-state index contributed by atoms with van der Waals surface area (Å²) in [6, 6.07) is 7.73. The molecule has 1 aromatic carbocycles. The first-order valence-electron chi connectivity index (χ1n) is 5.52. The minimum Gasteiger partial charge on any atom is -0.350 e. The molecular formula is C12H15ClN2S. The van der Waals surface area contributed by atoms with E-state index in [0.717, 1.165) is 41.1 Å². The van der Waals surface area contributed by atoms with Gasteiger partial charge in [0.1, 0.15) is 0 Å². The Kier molecular flexibility index (Phi) is 4.13. The lowest BCUT2D eigenvalue weighted by atomic mass is 10.3. The standard InChI is InChI=1S/C12H15ClN2S/c1-2-7-15-8-9-16-12(15)14-11-6-4-3-5-10(11)13/h3-6H,2,7-9H2,1H3. The maximum Gasteiger partial charge on any atom is 0.164 e. The first-order valence-corrected chi connectivity index (χ1v) is 6.88. The van der Waals surface area contributed by atoms with E-state index < -0.39 is 0 Å². The molecule has 0 saturated carbocycles. The fraction of sp³-hybridized carbons (Fsp3) is 0.417. The van der Waals surface area contributed by atoms with E-state index in [2.05, 4.69) is 16.8 Å². The van der Waals surface area contributed by atoms with Crippen molar-refractivity contribution in [3.05, 3.63) is 29.3 Å². The molecule has 0 N–H and O–H groups in total. The average molecular weight is 255 g/mol. The van der Waals surface area contributed by atoms with Crippen LogP contribution in [0.15, 0.2) is 29.3 Å². The van der Waals surface area contributed by atoms with E-state index in [-0.39, 0.29) is 0 Å². The highest BCUT2D eigenvalue weighted by Crippen LogP contribution is 2.28. The molecule has 0 spiro atoms. The van der Waals surface area contributed by atoms with Gasteiger partial charge < -0.3 is 4.90 Å². The molecule has 0 atom stereocenters. The Morgan fingerprint density at radius 3 is 3.00 bits per heavy atom. The zero-order chi connectivity index (χ0) is 11.4. The number of amidine groups is 1. The Labute approximate surface area is 106 Å². The molecule has 0 radical (unpaired) electrons. The molecule has 1 aliphatic heterocycles. The van der Waals surface area contributed by atoms with E-state index in [1.54, 1.807) is 0 Å². The van der Waals surface area contributed by atoms with Crippen LogP contribution in [0.3, 0.4) is 0 Å². The van der Waals surface area contributed by atoms with Gasteiger partial charge in [0.2, 0.25) is 0 Å². The number of halogens is 1. The summed E-state index contributed by atoms with van der Waals surface area (Å²) >= 11 is 7.90. The van der Waals surface area contributed by atoms with Crippen molar-refractivity contribution in [3.8, 4) is 0 Å². The third kappa shape index (κ3) is 2.71. The number of rotatable bonds is 3. The number of hydrogen-bond donors (Lipinski definition) is 0. The van der Waals surface area contributed by atoms with Crippen LogP contribution in [-0.4, -0.2) is 28.9 Å². The highest BCUT2D eigenvalue weighted by Gasteiger charge is 2.18. The molecule has 4 heteroatoms. The van der Waals surface area contributed by atoms with Gasteiger partial charge in [-0.15, -0.1) is 0 Å². The summed E-state index contributed by atoms with van der Waals surface area (Å²) in [5.41, 5.74) is 0.870. The Morgan fingerprint density at radius 2 is 2.25 bits per heavy atom. The summed E-state index contributed by atoms with van der Waals surface area (Å²) in [5.74, 6) is 1.13. The Morgan fingerprint density at radius 1 is 1.44 bits per heavy atom. The molecule has 0 aliphatic carbocycles. The van der Waals surface area contributed by atoms with Crippen LogP contribution in [0.5, 0.6) is 0 Å². The lowest BCUT2D eigenvalue weighted by Gasteiger charge is -2.16. The van der Waals surface area contributed by atoms with Crippen LogP contribution in [-0.2, 0) is 0 Å². The Balaban J connectivity index is 2.20. The number of aliphatic imine (C=N–C) groups is 1. The number of benzene rings is 1. The molecule has 0 unspecified atom stereocenters. The van der Waals surface area contributed by atoms with Gasteiger partial charge in [-0.3, -0.25) is 0 Å². The van der Waals surface area contributed by atoms with Crippen LogP contribution in [0.25, 0.3) is 0 Å². The second-order valence-corrected chi connectivity index (χ2v) is 5.15. The fourth-order valence-corrected chi connectivity index (χ4v) is 2.86. The van der Waals surface area contributed by atoms with Crippen LogP contribution >= 0.6 is 23.4 Å². The predicted octanol–water partition coefficient (Wildman–Crippen LogP) is 3.79. The summed E-state index contributed by atoms with van der Waals surface area (Å²) in [5, 5.41) is 1.83. The van der Waals surface area contributed by atoms with Gasteiger partial charge in [0.05, 0.1) is 10.7 Å². The smallest absolute Gasteiger partial charge is 0.164 e. The zero-order valence-electron chi connectivity index (χ0n) is 9.32. The highest BCUT2D eigenvalue weighted by atomic mass is 35.5. The number of para-hydroxylation sites is 1. The lowest BCUT2D eigenvalue weighted by molar-refractivity contribution is 0.460. The Bertz CT molecular complexity index is 392. The maximum atomic E-state index is 6.09. The summed E-state index contributed by atoms with van der Waals surface area (Å²) in [6.07, 6.45) is 1.15. The molecule has 1 heterocycles. The molecule has 2 nitrogen and oxygen atoms in total. The first-order chi connectivity index (χ1) is 7.81. The average Bonchev–Trinajstić information content (AvgIpc) is 2.70. The largest absolute Gasteiger partial charge is 0.350 e. The fourth-order valence-electron chi connectivity index (χ4n) is 1.66. The molecule has 0 amide bonds. The summed E-state index contributed by atoms with van der Waals surface area (Å²) < 4.78 is 0. The minimum absolute atomic E-state index is 0.721. The molecule has 1 fully saturated rings. The normalized spacial score (nSPS) is 18.4. The van der Waals surface area contributed by atoms with Crippen molar-refractivity contribution in [2.75, 3.05) is 18.8 Å². The number of thioether (sulfide) groups is 1. The van der Waals surface area contributed by atoms with Gasteiger partial charge in [-0.1, -0.05) is 42.4 Å². The van der Waals surface area contributed by atoms with E-state index >= 15 is 0 Å². The van der Waals surface area contributed by atoms with Crippen LogP contribution in [0.1, 0.15) is 13.3 Å². The van der Waals surface area contributed by atoms with E-state index in [9.17, 15) is 0 Å². The van der Waals surface area contributed by atoms with Crippen LogP contribution in [0.4, 0.5) is 5.69 Å². The van der Waals surface area contributed by atoms with Gasteiger partial charge in [0, 0.05) is 18.8 Å². The summed E-state index contributed by atoms with van der Waals surface area (Å²) in [4.78, 5) is 6.96. The third-order valence-electron chi connectivity index (χ3n) is 2.42. The molecule has 16 heavy (non-hydrogen) atoms. The van der Waals surface area contributed by atoms with Gasteiger partial charge in [0.15, 0.2) is 5.17 Å². The molecular weight excluding hydrogens is 240 g/mol. The van der Waals surface area contributed by atoms with E-state index in [1.807, 2.05) is 36.0 Å². The van der Waals surface area contributed by atoms with Crippen molar-refractivity contribution in [2.45, 2.75) is 13.3 Å². The van der Waals surface area contributed by atoms with Crippen LogP contribution in [0, 0.1) is 0 Å². The minimum atomic E-state index is 0.721. The maximum absolute atomic E-state index is 6.09. The van der Waals surface area contributed by atoms with Crippen molar-refractivity contribution in [3.63, 3.8) is 0 Å². The molecule has 2 rings (SSSR count). The van der Waals surface area contributed by atoms with Gasteiger partial charge in [-0.25, -0.2) is 4.99 Å². The van der Waals surface area contributed by atoms with Crippen LogP contribution in [0.2, 0.25) is 5.02 Å².